The lowest BCUT2D eigenvalue weighted by Gasteiger charge is -2.03. The minimum absolute atomic E-state index is 0.315. The molecule has 0 aromatic heterocycles. The first-order valence-corrected chi connectivity index (χ1v) is 4.27. The van der Waals surface area contributed by atoms with Gasteiger partial charge < -0.3 is 4.74 Å². The average molecular weight is 203 g/mol. The lowest BCUT2D eigenvalue weighted by Crippen LogP contribution is -1.95. The van der Waals surface area contributed by atoms with Crippen molar-refractivity contribution in [3.63, 3.8) is 0 Å². The van der Waals surface area contributed by atoms with Crippen molar-refractivity contribution < 1.29 is 4.74 Å². The molecule has 0 aliphatic carbocycles. The molecule has 64 valence electrons. The summed E-state index contributed by atoms with van der Waals surface area (Å²) < 4.78 is 5.27. The topological polar surface area (TPSA) is 9.23 Å². The summed E-state index contributed by atoms with van der Waals surface area (Å²) in [5, 5.41) is 0.487. The molecular weight excluding hydrogens is 195 g/mol. The normalized spacial score (nSPS) is 11.3. The minimum Gasteiger partial charge on any atom is -0.488 e. The minimum atomic E-state index is 0.315. The molecule has 1 aromatic rings. The van der Waals surface area contributed by atoms with Gasteiger partial charge in [-0.15, -0.1) is 0 Å². The van der Waals surface area contributed by atoms with Gasteiger partial charge in [-0.05, 0) is 12.1 Å². The van der Waals surface area contributed by atoms with Crippen LogP contribution in [0.5, 0.6) is 5.75 Å². The Kier molecular flexibility index (Phi) is 3.98. The monoisotopic (exact) mass is 202 g/mol. The van der Waals surface area contributed by atoms with Crippen molar-refractivity contribution in [1.29, 1.82) is 0 Å². The Morgan fingerprint density at radius 3 is 2.58 bits per heavy atom. The summed E-state index contributed by atoms with van der Waals surface area (Å²) in [6, 6.07) is 9.43. The fourth-order valence-electron chi connectivity index (χ4n) is 0.700. The SMILES string of the molecule is ClC=C(Cl)COc1ccccc1. The van der Waals surface area contributed by atoms with Gasteiger partial charge in [0.1, 0.15) is 12.4 Å². The maximum absolute atomic E-state index is 5.62. The number of hydrogen-bond acceptors (Lipinski definition) is 1. The van der Waals surface area contributed by atoms with E-state index in [0.717, 1.165) is 5.75 Å². The van der Waals surface area contributed by atoms with Crippen LogP contribution in [-0.2, 0) is 0 Å². The van der Waals surface area contributed by atoms with E-state index in [4.69, 9.17) is 27.9 Å². The molecule has 0 radical (unpaired) electrons. The van der Waals surface area contributed by atoms with Crippen LogP contribution in [0.25, 0.3) is 0 Å². The Labute approximate surface area is 81.6 Å². The van der Waals surface area contributed by atoms with Gasteiger partial charge in [-0.1, -0.05) is 41.4 Å². The van der Waals surface area contributed by atoms with E-state index in [1.54, 1.807) is 0 Å². The molecule has 0 fully saturated rings. The lowest BCUT2D eigenvalue weighted by atomic mass is 10.3. The molecule has 0 amide bonds. The highest BCUT2D eigenvalue weighted by Crippen LogP contribution is 2.11. The van der Waals surface area contributed by atoms with Crippen LogP contribution in [0.2, 0.25) is 0 Å². The second-order valence-electron chi connectivity index (χ2n) is 2.16. The Bertz CT molecular complexity index is 256. The van der Waals surface area contributed by atoms with Gasteiger partial charge in [-0.25, -0.2) is 0 Å². The van der Waals surface area contributed by atoms with Crippen LogP contribution < -0.4 is 4.74 Å². The summed E-state index contributed by atoms with van der Waals surface area (Å²) in [4.78, 5) is 0. The van der Waals surface area contributed by atoms with Crippen LogP contribution >= 0.6 is 23.2 Å². The zero-order valence-electron chi connectivity index (χ0n) is 6.34. The summed E-state index contributed by atoms with van der Waals surface area (Å²) in [5.41, 5.74) is 1.30. The van der Waals surface area contributed by atoms with Crippen molar-refractivity contribution in [1.82, 2.24) is 0 Å². The molecule has 0 heterocycles. The van der Waals surface area contributed by atoms with Gasteiger partial charge in [0.25, 0.3) is 0 Å². The van der Waals surface area contributed by atoms with Crippen LogP contribution in [0, 0.1) is 0 Å². The molecule has 1 rings (SSSR count). The Balaban J connectivity index is 2.44. The highest BCUT2D eigenvalue weighted by molar-refractivity contribution is 6.36. The van der Waals surface area contributed by atoms with Crippen LogP contribution in [0.3, 0.4) is 0 Å². The van der Waals surface area contributed by atoms with Crippen molar-refractivity contribution in [3.8, 4) is 5.75 Å². The fourth-order valence-corrected chi connectivity index (χ4v) is 0.818. The van der Waals surface area contributed by atoms with E-state index in [-0.39, 0.29) is 0 Å². The van der Waals surface area contributed by atoms with E-state index in [1.165, 1.54) is 5.54 Å². The first kappa shape index (κ1) is 9.43. The largest absolute Gasteiger partial charge is 0.488 e. The molecule has 1 aromatic carbocycles. The Morgan fingerprint density at radius 2 is 2.00 bits per heavy atom. The number of hydrogen-bond donors (Lipinski definition) is 0. The van der Waals surface area contributed by atoms with E-state index in [2.05, 4.69) is 0 Å². The second-order valence-corrected chi connectivity index (χ2v) is 2.86. The molecule has 0 aliphatic rings. The zero-order valence-corrected chi connectivity index (χ0v) is 7.85. The first-order valence-electron chi connectivity index (χ1n) is 3.45. The first-order chi connectivity index (χ1) is 5.83. The molecule has 0 bridgehead atoms. The van der Waals surface area contributed by atoms with Crippen LogP contribution in [0.1, 0.15) is 0 Å². The maximum Gasteiger partial charge on any atom is 0.125 e. The third-order valence-electron chi connectivity index (χ3n) is 1.24. The van der Waals surface area contributed by atoms with E-state index < -0.39 is 0 Å². The summed E-state index contributed by atoms with van der Waals surface area (Å²) in [6.45, 7) is 0.315. The van der Waals surface area contributed by atoms with E-state index in [9.17, 15) is 0 Å². The smallest absolute Gasteiger partial charge is 0.125 e. The summed E-state index contributed by atoms with van der Waals surface area (Å²) >= 11 is 11.0. The maximum atomic E-state index is 5.62. The molecule has 0 N–H and O–H groups in total. The molecule has 0 saturated carbocycles. The number of rotatable bonds is 3. The molecule has 0 aliphatic heterocycles. The Morgan fingerprint density at radius 1 is 1.33 bits per heavy atom. The molecule has 0 atom stereocenters. The van der Waals surface area contributed by atoms with Crippen molar-refractivity contribution >= 4 is 23.2 Å². The summed E-state index contributed by atoms with van der Waals surface area (Å²) in [7, 11) is 0. The number of ether oxygens (including phenoxy) is 1. The molecule has 0 spiro atoms. The van der Waals surface area contributed by atoms with Crippen molar-refractivity contribution in [2.24, 2.45) is 0 Å². The van der Waals surface area contributed by atoms with Crippen molar-refractivity contribution in [2.45, 2.75) is 0 Å². The van der Waals surface area contributed by atoms with Crippen molar-refractivity contribution in [3.05, 3.63) is 40.9 Å². The van der Waals surface area contributed by atoms with Crippen LogP contribution in [0.15, 0.2) is 40.9 Å². The summed E-state index contributed by atoms with van der Waals surface area (Å²) in [5.74, 6) is 0.786. The van der Waals surface area contributed by atoms with Gasteiger partial charge in [0, 0.05) is 5.54 Å². The van der Waals surface area contributed by atoms with E-state index >= 15 is 0 Å². The van der Waals surface area contributed by atoms with Gasteiger partial charge in [0.15, 0.2) is 0 Å². The molecule has 0 saturated heterocycles. The van der Waals surface area contributed by atoms with E-state index in [1.807, 2.05) is 30.3 Å². The zero-order chi connectivity index (χ0) is 8.81. The van der Waals surface area contributed by atoms with Gasteiger partial charge in [-0.2, -0.15) is 0 Å². The highest BCUT2D eigenvalue weighted by Gasteiger charge is 1.93. The van der Waals surface area contributed by atoms with Gasteiger partial charge in [0.05, 0.1) is 5.03 Å². The van der Waals surface area contributed by atoms with Gasteiger partial charge >= 0.3 is 0 Å². The highest BCUT2D eigenvalue weighted by atomic mass is 35.5. The molecule has 0 unspecified atom stereocenters. The molecular formula is C9H8Cl2O. The third-order valence-corrected chi connectivity index (χ3v) is 1.83. The molecule has 12 heavy (non-hydrogen) atoms. The predicted octanol–water partition coefficient (Wildman–Crippen LogP) is 3.38. The second kappa shape index (κ2) is 5.07. The number of halogens is 2. The summed E-state index contributed by atoms with van der Waals surface area (Å²) in [6.07, 6.45) is 0. The van der Waals surface area contributed by atoms with Crippen LogP contribution in [0.4, 0.5) is 0 Å². The van der Waals surface area contributed by atoms with Crippen LogP contribution in [-0.4, -0.2) is 6.61 Å². The standard InChI is InChI=1S/C9H8Cl2O/c10-6-8(11)7-12-9-4-2-1-3-5-9/h1-6H,7H2. The van der Waals surface area contributed by atoms with Gasteiger partial charge in [0.2, 0.25) is 0 Å². The van der Waals surface area contributed by atoms with Gasteiger partial charge in [-0.3, -0.25) is 0 Å². The quantitative estimate of drug-likeness (QED) is 0.731. The molecule has 3 heteroatoms. The van der Waals surface area contributed by atoms with E-state index in [0.29, 0.717) is 11.6 Å². The fraction of sp³-hybridized carbons (Fsp3) is 0.111. The Hall–Kier alpha value is -0.660. The average Bonchev–Trinajstić information content (AvgIpc) is 2.16. The lowest BCUT2D eigenvalue weighted by molar-refractivity contribution is 0.359. The number of benzene rings is 1. The molecule has 1 nitrogen and oxygen atoms in total. The predicted molar refractivity (Wildman–Crippen MR) is 51.7 cm³/mol. The third kappa shape index (κ3) is 3.16. The number of para-hydroxylation sites is 1. The van der Waals surface area contributed by atoms with Crippen molar-refractivity contribution in [2.75, 3.05) is 6.61 Å².